The van der Waals surface area contributed by atoms with Crippen LogP contribution in [0.3, 0.4) is 0 Å². The van der Waals surface area contributed by atoms with Crippen molar-refractivity contribution in [3.05, 3.63) is 100 Å². The maximum Gasteiger partial charge on any atom is 0.264 e. The number of anilines is 5. The first-order chi connectivity index (χ1) is 28.7. The van der Waals surface area contributed by atoms with Gasteiger partial charge in [0.05, 0.1) is 46.0 Å². The number of sulfone groups is 1. The highest BCUT2D eigenvalue weighted by Crippen LogP contribution is 2.35. The Balaban J connectivity index is 0.910. The minimum atomic E-state index is -3.57. The van der Waals surface area contributed by atoms with Crippen LogP contribution in [0.5, 0.6) is 5.75 Å². The van der Waals surface area contributed by atoms with Crippen molar-refractivity contribution in [3.8, 4) is 5.75 Å². The maximum atomic E-state index is 13.5. The molecular weight excluding hydrogens is 806 g/mol. The highest BCUT2D eigenvalue weighted by atomic mass is 35.5. The Hall–Kier alpha value is -5.55. The molecule has 1 atom stereocenters. The fraction of sp³-hybridized carbons (Fsp3) is 0.372. The summed E-state index contributed by atoms with van der Waals surface area (Å²) in [5.41, 5.74) is 5.09. The number of carbonyl (C=O) groups excluding carboxylic acids is 3. The van der Waals surface area contributed by atoms with Crippen molar-refractivity contribution in [2.45, 2.75) is 56.2 Å². The highest BCUT2D eigenvalue weighted by Gasteiger charge is 2.45. The van der Waals surface area contributed by atoms with Crippen LogP contribution in [-0.4, -0.2) is 115 Å². The Bertz CT molecular complexity index is 2440. The average molecular weight is 856 g/mol. The number of para-hydroxylation sites is 1. The van der Waals surface area contributed by atoms with Crippen molar-refractivity contribution in [1.29, 1.82) is 0 Å². The second-order valence-corrected chi connectivity index (χ2v) is 18.3. The summed E-state index contributed by atoms with van der Waals surface area (Å²) in [5.74, 6) is -0.135. The first kappa shape index (κ1) is 42.6. The number of halogens is 1. The van der Waals surface area contributed by atoms with Crippen LogP contribution in [0.15, 0.2) is 78.0 Å². The molecule has 4 aromatic rings. The van der Waals surface area contributed by atoms with E-state index in [1.54, 1.807) is 63.4 Å². The molecule has 1 aromatic heterocycles. The summed E-state index contributed by atoms with van der Waals surface area (Å²) in [6.07, 6.45) is 3.15. The fourth-order valence-corrected chi connectivity index (χ4v) is 9.05. The van der Waals surface area contributed by atoms with E-state index < -0.39 is 32.9 Å². The quantitative estimate of drug-likeness (QED) is 0.106. The van der Waals surface area contributed by atoms with Gasteiger partial charge in [0.1, 0.15) is 16.8 Å². The number of allylic oxidation sites excluding steroid dienone is 1. The van der Waals surface area contributed by atoms with Gasteiger partial charge in [-0.3, -0.25) is 24.2 Å². The van der Waals surface area contributed by atoms with E-state index in [1.165, 1.54) is 6.20 Å². The fourth-order valence-electron chi connectivity index (χ4n) is 7.71. The number of hydrogen-bond acceptors (Lipinski definition) is 13. The molecule has 60 heavy (non-hydrogen) atoms. The van der Waals surface area contributed by atoms with Crippen LogP contribution in [-0.2, 0) is 21.1 Å². The van der Waals surface area contributed by atoms with Gasteiger partial charge in [-0.1, -0.05) is 36.4 Å². The lowest BCUT2D eigenvalue weighted by molar-refractivity contribution is -0.125. The number of aromatic nitrogens is 2. The number of benzene rings is 3. The van der Waals surface area contributed by atoms with Gasteiger partial charge < -0.3 is 30.9 Å². The molecule has 2 saturated heterocycles. The van der Waals surface area contributed by atoms with Crippen molar-refractivity contribution < 1.29 is 27.5 Å². The Morgan fingerprint density at radius 3 is 2.38 bits per heavy atom. The lowest BCUT2D eigenvalue weighted by atomic mass is 10.0. The van der Waals surface area contributed by atoms with Gasteiger partial charge in [0, 0.05) is 57.2 Å². The molecule has 7 rings (SSSR count). The molecule has 0 saturated carbocycles. The summed E-state index contributed by atoms with van der Waals surface area (Å²) in [7, 11) is -1.96. The zero-order chi connectivity index (χ0) is 42.7. The molecular formula is C43H50ClN9O6S. The number of fused-ring (bicyclic) bond motifs is 1. The molecule has 316 valence electrons. The number of ether oxygens (including phenoxy) is 1. The van der Waals surface area contributed by atoms with E-state index in [0.717, 1.165) is 61.7 Å². The molecule has 3 aliphatic heterocycles. The number of nitrogens with one attached hydrogen (secondary N) is 4. The van der Waals surface area contributed by atoms with Crippen LogP contribution >= 0.6 is 11.6 Å². The molecule has 0 bridgehead atoms. The van der Waals surface area contributed by atoms with E-state index in [9.17, 15) is 22.8 Å². The van der Waals surface area contributed by atoms with Gasteiger partial charge in [0.2, 0.25) is 11.9 Å². The number of nitrogens with zero attached hydrogens (tertiary/aromatic N) is 5. The van der Waals surface area contributed by atoms with Crippen LogP contribution in [0.4, 0.5) is 28.8 Å². The maximum absolute atomic E-state index is 13.5. The zero-order valence-electron chi connectivity index (χ0n) is 34.2. The first-order valence-electron chi connectivity index (χ1n) is 20.0. The molecule has 3 aliphatic rings. The van der Waals surface area contributed by atoms with E-state index in [4.69, 9.17) is 16.3 Å². The molecule has 0 aliphatic carbocycles. The van der Waals surface area contributed by atoms with Crippen LogP contribution < -0.4 is 26.0 Å². The van der Waals surface area contributed by atoms with Crippen LogP contribution in [0, 0.1) is 6.92 Å². The third-order valence-electron chi connectivity index (χ3n) is 11.2. The molecule has 3 amide bonds. The topological polar surface area (TPSA) is 178 Å². The lowest BCUT2D eigenvalue weighted by Crippen LogP contribution is -2.51. The Morgan fingerprint density at radius 1 is 0.950 bits per heavy atom. The molecule has 15 nitrogen and oxygen atoms in total. The number of rotatable bonds is 15. The average Bonchev–Trinajstić information content (AvgIpc) is 3.48. The second kappa shape index (κ2) is 18.0. The smallest absolute Gasteiger partial charge is 0.264 e. The number of hydrogen-bond donors (Lipinski definition) is 4. The van der Waals surface area contributed by atoms with Gasteiger partial charge in [-0.05, 0) is 87.6 Å². The predicted octanol–water partition coefficient (Wildman–Crippen LogP) is 5.78. The minimum absolute atomic E-state index is 0.159. The van der Waals surface area contributed by atoms with Gasteiger partial charge in [-0.2, -0.15) is 4.98 Å². The summed E-state index contributed by atoms with van der Waals surface area (Å²) in [6.45, 7) is 15.0. The Labute approximate surface area is 355 Å². The van der Waals surface area contributed by atoms with Crippen molar-refractivity contribution in [3.63, 3.8) is 0 Å². The predicted molar refractivity (Wildman–Crippen MR) is 232 cm³/mol. The molecule has 0 spiro atoms. The summed E-state index contributed by atoms with van der Waals surface area (Å²) >= 11 is 6.46. The third-order valence-corrected chi connectivity index (χ3v) is 13.7. The van der Waals surface area contributed by atoms with Gasteiger partial charge in [-0.25, -0.2) is 13.4 Å². The third kappa shape index (κ3) is 8.96. The SMILES string of the molecule is C=C1CCC(N2C(=O)c3cccc(NCCN4CCN(CCc5cc(OC)c(Nc6ncc(Cl)c(Nc7ccccc7S(=O)(=O)C(C)C)n6)cc5C)CC4)c3C2=O)C(=O)N1. The molecule has 4 N–H and O–H groups in total. The van der Waals surface area contributed by atoms with Crippen LogP contribution in [0.25, 0.3) is 0 Å². The second-order valence-electron chi connectivity index (χ2n) is 15.4. The van der Waals surface area contributed by atoms with Gasteiger partial charge in [0.25, 0.3) is 11.8 Å². The number of piperidine rings is 1. The number of imide groups is 1. The van der Waals surface area contributed by atoms with Crippen LogP contribution in [0.2, 0.25) is 5.02 Å². The molecule has 3 aromatic carbocycles. The van der Waals surface area contributed by atoms with Gasteiger partial charge >= 0.3 is 0 Å². The van der Waals surface area contributed by atoms with Gasteiger partial charge in [0.15, 0.2) is 15.7 Å². The van der Waals surface area contributed by atoms with E-state index in [1.807, 2.05) is 12.1 Å². The Morgan fingerprint density at radius 2 is 1.67 bits per heavy atom. The summed E-state index contributed by atoms with van der Waals surface area (Å²) in [5, 5.41) is 12.0. The van der Waals surface area contributed by atoms with Crippen molar-refractivity contribution >= 4 is 68.0 Å². The molecule has 1 unspecified atom stereocenters. The normalized spacial score (nSPS) is 17.5. The molecule has 17 heteroatoms. The van der Waals surface area contributed by atoms with Gasteiger partial charge in [-0.15, -0.1) is 0 Å². The molecule has 2 fully saturated rings. The minimum Gasteiger partial charge on any atom is -0.495 e. The molecule has 4 heterocycles. The number of amides is 3. The van der Waals surface area contributed by atoms with E-state index in [0.29, 0.717) is 59.0 Å². The highest BCUT2D eigenvalue weighted by molar-refractivity contribution is 7.92. The van der Waals surface area contributed by atoms with E-state index >= 15 is 0 Å². The summed E-state index contributed by atoms with van der Waals surface area (Å²) in [6, 6.07) is 15.0. The van der Waals surface area contributed by atoms with Crippen molar-refractivity contribution in [2.24, 2.45) is 0 Å². The van der Waals surface area contributed by atoms with E-state index in [2.05, 4.69) is 54.5 Å². The largest absolute Gasteiger partial charge is 0.495 e. The van der Waals surface area contributed by atoms with E-state index in [-0.39, 0.29) is 27.6 Å². The van der Waals surface area contributed by atoms with Crippen molar-refractivity contribution in [1.82, 2.24) is 30.0 Å². The summed E-state index contributed by atoms with van der Waals surface area (Å²) < 4.78 is 31.8. The first-order valence-corrected chi connectivity index (χ1v) is 21.9. The monoisotopic (exact) mass is 855 g/mol. The van der Waals surface area contributed by atoms with Crippen LogP contribution in [0.1, 0.15) is 58.5 Å². The standard InChI is InChI=1S/C43H50ClN9O6S/c1-26(2)60(57,58)37-12-7-6-10-32(37)48-39-31(44)25-46-43(50-39)49-34-23-27(3)29(24-36(34)59-5)15-17-51-19-21-52(22-20-51)18-16-45-33-11-8-9-30-38(33)42(56)53(41(30)55)35-14-13-28(4)47-40(35)54/h6-12,23-26,35,45H,4,13-22H2,1-3,5H3,(H,47,54)(H2,46,48,49,50). The summed E-state index contributed by atoms with van der Waals surface area (Å²) in [4.78, 5) is 54.4. The zero-order valence-corrected chi connectivity index (χ0v) is 35.8. The number of aryl methyl sites for hydroxylation is 1. The number of methoxy groups -OCH3 is 1. The Kier molecular flexibility index (Phi) is 12.8. The lowest BCUT2D eigenvalue weighted by Gasteiger charge is -2.35. The number of piperazine rings is 1. The molecule has 0 radical (unpaired) electrons. The number of carbonyl (C=O) groups is 3. The van der Waals surface area contributed by atoms with Crippen molar-refractivity contribution in [2.75, 3.05) is 68.9 Å².